The first-order valence-electron chi connectivity index (χ1n) is 6.59. The molecule has 0 spiro atoms. The zero-order valence-electron chi connectivity index (χ0n) is 11.7. The Bertz CT molecular complexity index is 668. The molecular formula is C14H17NO5S. The number of rotatable bonds is 5. The Morgan fingerprint density at radius 3 is 2.62 bits per heavy atom. The van der Waals surface area contributed by atoms with E-state index in [0.717, 1.165) is 6.26 Å². The summed E-state index contributed by atoms with van der Waals surface area (Å²) in [6.07, 6.45) is 1.46. The largest absolute Gasteiger partial charge is 0.481 e. The van der Waals surface area contributed by atoms with Crippen LogP contribution in [0.15, 0.2) is 24.3 Å². The molecule has 1 aliphatic rings. The Morgan fingerprint density at radius 1 is 1.33 bits per heavy atom. The number of carbonyl (C=O) groups excluding carboxylic acids is 1. The van der Waals surface area contributed by atoms with Crippen molar-refractivity contribution in [2.45, 2.75) is 18.8 Å². The fraction of sp³-hybridized carbons (Fsp3) is 0.429. The van der Waals surface area contributed by atoms with Crippen LogP contribution in [0.25, 0.3) is 0 Å². The molecule has 1 N–H and O–H groups in total. The van der Waals surface area contributed by atoms with E-state index in [4.69, 9.17) is 0 Å². The van der Waals surface area contributed by atoms with Gasteiger partial charge < -0.3 is 10.0 Å². The lowest BCUT2D eigenvalue weighted by molar-refractivity contribution is -0.138. The molecular weight excluding hydrogens is 294 g/mol. The molecule has 0 aliphatic carbocycles. The van der Waals surface area contributed by atoms with Gasteiger partial charge in [-0.1, -0.05) is 18.2 Å². The summed E-state index contributed by atoms with van der Waals surface area (Å²) in [4.78, 5) is 24.9. The highest BCUT2D eigenvalue weighted by Gasteiger charge is 2.35. The Labute approximate surface area is 123 Å². The molecule has 1 amide bonds. The van der Waals surface area contributed by atoms with Crippen molar-refractivity contribution in [3.63, 3.8) is 0 Å². The van der Waals surface area contributed by atoms with Gasteiger partial charge in [-0.3, -0.25) is 9.59 Å². The summed E-state index contributed by atoms with van der Waals surface area (Å²) in [6.45, 7) is 0.104. The number of amides is 1. The molecule has 2 rings (SSSR count). The average molecular weight is 311 g/mol. The van der Waals surface area contributed by atoms with Gasteiger partial charge in [0.2, 0.25) is 5.91 Å². The third-order valence-electron chi connectivity index (χ3n) is 3.47. The molecule has 0 radical (unpaired) electrons. The zero-order valence-corrected chi connectivity index (χ0v) is 12.5. The first-order valence-corrected chi connectivity index (χ1v) is 8.65. The molecule has 6 nitrogen and oxygen atoms in total. The van der Waals surface area contributed by atoms with Crippen LogP contribution in [-0.2, 0) is 19.4 Å². The number of sulfone groups is 1. The van der Waals surface area contributed by atoms with Gasteiger partial charge in [-0.2, -0.15) is 0 Å². The van der Waals surface area contributed by atoms with E-state index in [2.05, 4.69) is 0 Å². The molecule has 0 bridgehead atoms. The summed E-state index contributed by atoms with van der Waals surface area (Å²) in [5.74, 6) is -1.97. The van der Waals surface area contributed by atoms with E-state index in [9.17, 15) is 23.1 Å². The van der Waals surface area contributed by atoms with E-state index >= 15 is 0 Å². The zero-order chi connectivity index (χ0) is 15.6. The quantitative estimate of drug-likeness (QED) is 0.876. The first-order chi connectivity index (χ1) is 9.79. The van der Waals surface area contributed by atoms with Crippen LogP contribution >= 0.6 is 0 Å². The smallest absolute Gasteiger partial charge is 0.312 e. The van der Waals surface area contributed by atoms with Crippen LogP contribution < -0.4 is 4.90 Å². The van der Waals surface area contributed by atoms with Crippen molar-refractivity contribution in [2.75, 3.05) is 23.5 Å². The molecule has 1 aliphatic heterocycles. The summed E-state index contributed by atoms with van der Waals surface area (Å²) in [6, 6.07) is 6.91. The minimum Gasteiger partial charge on any atom is -0.481 e. The van der Waals surface area contributed by atoms with Crippen molar-refractivity contribution in [3.05, 3.63) is 29.8 Å². The number of carboxylic acids is 1. The Morgan fingerprint density at radius 2 is 2.00 bits per heavy atom. The molecule has 0 aromatic heterocycles. The van der Waals surface area contributed by atoms with E-state index < -0.39 is 21.7 Å². The molecule has 1 aromatic carbocycles. The second-order valence-corrected chi connectivity index (χ2v) is 7.45. The molecule has 1 unspecified atom stereocenters. The molecule has 21 heavy (non-hydrogen) atoms. The number of fused-ring (bicyclic) bond motifs is 1. The van der Waals surface area contributed by atoms with E-state index in [0.29, 0.717) is 11.3 Å². The molecule has 0 saturated heterocycles. The second-order valence-electron chi connectivity index (χ2n) is 5.19. The van der Waals surface area contributed by atoms with Crippen LogP contribution in [0.5, 0.6) is 0 Å². The fourth-order valence-corrected chi connectivity index (χ4v) is 3.14. The van der Waals surface area contributed by atoms with E-state index in [1.807, 2.05) is 0 Å². The highest BCUT2D eigenvalue weighted by molar-refractivity contribution is 7.90. The third-order valence-corrected chi connectivity index (χ3v) is 4.50. The topological polar surface area (TPSA) is 91.8 Å². The van der Waals surface area contributed by atoms with E-state index in [1.54, 1.807) is 24.3 Å². The Balaban J connectivity index is 2.11. The van der Waals surface area contributed by atoms with Gasteiger partial charge in [0, 0.05) is 24.9 Å². The molecule has 0 saturated carbocycles. The van der Waals surface area contributed by atoms with Crippen LogP contribution in [0.1, 0.15) is 24.3 Å². The van der Waals surface area contributed by atoms with E-state index in [-0.39, 0.29) is 31.0 Å². The number of para-hydroxylation sites is 1. The average Bonchev–Trinajstić information content (AvgIpc) is 2.76. The highest BCUT2D eigenvalue weighted by atomic mass is 32.2. The van der Waals surface area contributed by atoms with E-state index in [1.165, 1.54) is 4.90 Å². The number of hydrogen-bond donors (Lipinski definition) is 1. The lowest BCUT2D eigenvalue weighted by atomic mass is 10.0. The maximum Gasteiger partial charge on any atom is 0.312 e. The monoisotopic (exact) mass is 311 g/mol. The Hall–Kier alpha value is -1.89. The SMILES string of the molecule is CS(=O)(=O)CCCC(=O)N1CC(C(=O)O)c2ccccc21. The van der Waals surface area contributed by atoms with Crippen molar-refractivity contribution in [1.82, 2.24) is 0 Å². The van der Waals surface area contributed by atoms with Crippen LogP contribution in [0, 0.1) is 0 Å². The lowest BCUT2D eigenvalue weighted by Crippen LogP contribution is -2.31. The minimum atomic E-state index is -3.09. The summed E-state index contributed by atoms with van der Waals surface area (Å²) < 4.78 is 22.1. The maximum atomic E-state index is 12.2. The summed E-state index contributed by atoms with van der Waals surface area (Å²) >= 11 is 0. The first kappa shape index (κ1) is 15.5. The maximum absolute atomic E-state index is 12.2. The number of anilines is 1. The van der Waals surface area contributed by atoms with Gasteiger partial charge in [0.15, 0.2) is 0 Å². The van der Waals surface area contributed by atoms with Crippen LogP contribution in [-0.4, -0.2) is 44.0 Å². The molecule has 1 aromatic rings. The number of carbonyl (C=O) groups is 2. The summed E-state index contributed by atoms with van der Waals surface area (Å²) in [5, 5.41) is 9.23. The third kappa shape index (κ3) is 3.60. The molecule has 7 heteroatoms. The lowest BCUT2D eigenvalue weighted by Gasteiger charge is -2.17. The molecule has 1 atom stereocenters. The van der Waals surface area contributed by atoms with Gasteiger partial charge in [-0.15, -0.1) is 0 Å². The summed E-state index contributed by atoms with van der Waals surface area (Å²) in [7, 11) is -3.09. The number of aliphatic carboxylic acids is 1. The van der Waals surface area contributed by atoms with Gasteiger partial charge in [0.05, 0.1) is 5.75 Å². The predicted octanol–water partition coefficient (Wildman–Crippen LogP) is 1.03. The number of nitrogens with zero attached hydrogens (tertiary/aromatic N) is 1. The molecule has 1 heterocycles. The standard InChI is InChI=1S/C14H17NO5S/c1-21(19,20)8-4-7-13(16)15-9-11(14(17)18)10-5-2-3-6-12(10)15/h2-3,5-6,11H,4,7-9H2,1H3,(H,17,18). The number of benzene rings is 1. The number of carboxylic acid groups (broad SMARTS) is 1. The predicted molar refractivity (Wildman–Crippen MR) is 78.1 cm³/mol. The van der Waals surface area contributed by atoms with Crippen molar-refractivity contribution < 1.29 is 23.1 Å². The van der Waals surface area contributed by atoms with Crippen LogP contribution in [0.2, 0.25) is 0 Å². The van der Waals surface area contributed by atoms with Crippen molar-refractivity contribution >= 4 is 27.4 Å². The van der Waals surface area contributed by atoms with Crippen molar-refractivity contribution in [3.8, 4) is 0 Å². The minimum absolute atomic E-state index is 0.0451. The van der Waals surface area contributed by atoms with Crippen LogP contribution in [0.4, 0.5) is 5.69 Å². The van der Waals surface area contributed by atoms with Gasteiger partial charge in [0.1, 0.15) is 15.8 Å². The van der Waals surface area contributed by atoms with Gasteiger partial charge in [-0.05, 0) is 18.1 Å². The van der Waals surface area contributed by atoms with Gasteiger partial charge >= 0.3 is 5.97 Å². The molecule has 0 fully saturated rings. The molecule has 114 valence electrons. The van der Waals surface area contributed by atoms with Gasteiger partial charge in [-0.25, -0.2) is 8.42 Å². The second kappa shape index (κ2) is 5.85. The van der Waals surface area contributed by atoms with Crippen molar-refractivity contribution in [2.24, 2.45) is 0 Å². The fourth-order valence-electron chi connectivity index (χ4n) is 2.48. The highest BCUT2D eigenvalue weighted by Crippen LogP contribution is 2.36. The summed E-state index contributed by atoms with van der Waals surface area (Å²) in [5.41, 5.74) is 1.23. The Kier molecular flexibility index (Phi) is 4.32. The van der Waals surface area contributed by atoms with Gasteiger partial charge in [0.25, 0.3) is 0 Å². The number of hydrogen-bond acceptors (Lipinski definition) is 4. The normalized spacial score (nSPS) is 17.6. The van der Waals surface area contributed by atoms with Crippen LogP contribution in [0.3, 0.4) is 0 Å². The van der Waals surface area contributed by atoms with Crippen molar-refractivity contribution in [1.29, 1.82) is 0 Å².